The maximum Gasteiger partial charge on any atom is 0.123 e. The van der Waals surface area contributed by atoms with Crippen LogP contribution in [0.25, 0.3) is 0 Å². The highest BCUT2D eigenvalue weighted by Gasteiger charge is 2.36. The fourth-order valence-electron chi connectivity index (χ4n) is 2.80. The monoisotopic (exact) mass is 251 g/mol. The molecule has 1 aliphatic rings. The zero-order valence-electron chi connectivity index (χ0n) is 11.1. The van der Waals surface area contributed by atoms with E-state index in [0.717, 1.165) is 25.8 Å². The van der Waals surface area contributed by atoms with Crippen LogP contribution in [0.4, 0.5) is 4.39 Å². The number of rotatable bonds is 3. The Balaban J connectivity index is 2.19. The van der Waals surface area contributed by atoms with Gasteiger partial charge in [0.1, 0.15) is 11.4 Å². The van der Waals surface area contributed by atoms with Crippen LogP contribution in [0.5, 0.6) is 0 Å². The third-order valence-electron chi connectivity index (χ3n) is 4.18. The molecule has 0 radical (unpaired) electrons. The van der Waals surface area contributed by atoms with E-state index in [1.807, 2.05) is 0 Å². The van der Waals surface area contributed by atoms with Gasteiger partial charge in [0.05, 0.1) is 0 Å². The van der Waals surface area contributed by atoms with Crippen LogP contribution in [-0.2, 0) is 5.60 Å². The van der Waals surface area contributed by atoms with Gasteiger partial charge in [0.25, 0.3) is 0 Å². The van der Waals surface area contributed by atoms with Crippen molar-refractivity contribution in [2.45, 2.75) is 44.8 Å². The van der Waals surface area contributed by atoms with Gasteiger partial charge in [0.2, 0.25) is 0 Å². The van der Waals surface area contributed by atoms with Crippen LogP contribution in [-0.4, -0.2) is 17.7 Å². The van der Waals surface area contributed by atoms with Crippen molar-refractivity contribution in [1.82, 2.24) is 5.32 Å². The van der Waals surface area contributed by atoms with Crippen molar-refractivity contribution < 1.29 is 9.50 Å². The summed E-state index contributed by atoms with van der Waals surface area (Å²) in [6.07, 6.45) is 3.24. The molecule has 3 unspecified atom stereocenters. The Labute approximate surface area is 108 Å². The Morgan fingerprint density at radius 3 is 2.94 bits per heavy atom. The number of hydrogen-bond acceptors (Lipinski definition) is 2. The lowest BCUT2D eigenvalue weighted by atomic mass is 9.79. The largest absolute Gasteiger partial charge is 0.384 e. The van der Waals surface area contributed by atoms with E-state index in [2.05, 4.69) is 12.2 Å². The van der Waals surface area contributed by atoms with E-state index in [0.29, 0.717) is 11.5 Å². The molecule has 18 heavy (non-hydrogen) atoms. The first-order valence-electron chi connectivity index (χ1n) is 6.75. The maximum absolute atomic E-state index is 13.3. The fraction of sp³-hybridized carbons (Fsp3) is 0.600. The number of halogens is 1. The molecule has 2 rings (SSSR count). The molecular formula is C15H22FNO. The Kier molecular flexibility index (Phi) is 4.03. The second kappa shape index (κ2) is 5.37. The normalized spacial score (nSPS) is 27.8. The molecule has 1 aliphatic heterocycles. The minimum atomic E-state index is -1.02. The Morgan fingerprint density at radius 2 is 2.28 bits per heavy atom. The first-order valence-corrected chi connectivity index (χ1v) is 6.75. The van der Waals surface area contributed by atoms with Crippen molar-refractivity contribution in [3.05, 3.63) is 35.6 Å². The number of aliphatic hydroxyl groups is 1. The summed E-state index contributed by atoms with van der Waals surface area (Å²) >= 11 is 0. The molecule has 3 heteroatoms. The van der Waals surface area contributed by atoms with Gasteiger partial charge >= 0.3 is 0 Å². The van der Waals surface area contributed by atoms with Crippen molar-refractivity contribution in [3.63, 3.8) is 0 Å². The molecule has 2 N–H and O–H groups in total. The Bertz CT molecular complexity index is 405. The van der Waals surface area contributed by atoms with E-state index in [1.165, 1.54) is 12.1 Å². The summed E-state index contributed by atoms with van der Waals surface area (Å²) in [4.78, 5) is 0. The molecule has 1 aromatic carbocycles. The van der Waals surface area contributed by atoms with Crippen molar-refractivity contribution in [1.29, 1.82) is 0 Å². The lowest BCUT2D eigenvalue weighted by molar-refractivity contribution is -0.00332. The molecule has 2 nitrogen and oxygen atoms in total. The van der Waals surface area contributed by atoms with E-state index in [-0.39, 0.29) is 11.9 Å². The minimum Gasteiger partial charge on any atom is -0.384 e. The van der Waals surface area contributed by atoms with E-state index in [1.54, 1.807) is 19.1 Å². The lowest BCUT2D eigenvalue weighted by Crippen LogP contribution is -2.51. The summed E-state index contributed by atoms with van der Waals surface area (Å²) in [5, 5.41) is 14.1. The van der Waals surface area contributed by atoms with E-state index >= 15 is 0 Å². The first-order chi connectivity index (χ1) is 8.54. The molecule has 1 fully saturated rings. The highest BCUT2D eigenvalue weighted by molar-refractivity contribution is 5.24. The molecule has 0 aromatic heterocycles. The third kappa shape index (κ3) is 2.73. The molecule has 0 spiro atoms. The zero-order valence-corrected chi connectivity index (χ0v) is 11.1. The predicted molar refractivity (Wildman–Crippen MR) is 70.8 cm³/mol. The van der Waals surface area contributed by atoms with Crippen molar-refractivity contribution in [3.8, 4) is 0 Å². The van der Waals surface area contributed by atoms with Crippen LogP contribution in [0.2, 0.25) is 0 Å². The van der Waals surface area contributed by atoms with Gasteiger partial charge in [-0.2, -0.15) is 0 Å². The number of benzene rings is 1. The molecule has 0 saturated carbocycles. The van der Waals surface area contributed by atoms with Gasteiger partial charge < -0.3 is 10.4 Å². The molecule has 1 aromatic rings. The third-order valence-corrected chi connectivity index (χ3v) is 4.18. The van der Waals surface area contributed by atoms with Gasteiger partial charge in [-0.1, -0.05) is 25.5 Å². The second-order valence-corrected chi connectivity index (χ2v) is 5.46. The summed E-state index contributed by atoms with van der Waals surface area (Å²) in [6, 6.07) is 6.28. The van der Waals surface area contributed by atoms with Crippen LogP contribution in [0.15, 0.2) is 24.3 Å². The maximum atomic E-state index is 13.3. The molecule has 3 atom stereocenters. The van der Waals surface area contributed by atoms with Crippen molar-refractivity contribution in [2.75, 3.05) is 6.54 Å². The van der Waals surface area contributed by atoms with E-state index in [9.17, 15) is 9.50 Å². The van der Waals surface area contributed by atoms with Gasteiger partial charge in [-0.25, -0.2) is 4.39 Å². The zero-order chi connectivity index (χ0) is 13.2. The van der Waals surface area contributed by atoms with E-state index < -0.39 is 5.60 Å². The highest BCUT2D eigenvalue weighted by Crippen LogP contribution is 2.32. The number of hydrogen-bond donors (Lipinski definition) is 2. The van der Waals surface area contributed by atoms with Crippen LogP contribution in [0, 0.1) is 11.7 Å². The van der Waals surface area contributed by atoms with Gasteiger partial charge in [0.15, 0.2) is 0 Å². The highest BCUT2D eigenvalue weighted by atomic mass is 19.1. The topological polar surface area (TPSA) is 32.3 Å². The van der Waals surface area contributed by atoms with Gasteiger partial charge in [-0.3, -0.25) is 0 Å². The SMILES string of the molecule is CCC1CCNC(C(C)(O)c2cccc(F)c2)C1. The quantitative estimate of drug-likeness (QED) is 0.866. The van der Waals surface area contributed by atoms with Crippen LogP contribution < -0.4 is 5.32 Å². The van der Waals surface area contributed by atoms with Gasteiger partial charge in [0, 0.05) is 6.04 Å². The molecule has 0 aliphatic carbocycles. The summed E-state index contributed by atoms with van der Waals surface area (Å²) < 4.78 is 13.3. The molecule has 0 bridgehead atoms. The molecule has 1 heterocycles. The predicted octanol–water partition coefficient (Wildman–Crippen LogP) is 2.81. The second-order valence-electron chi connectivity index (χ2n) is 5.46. The summed E-state index contributed by atoms with van der Waals surface area (Å²) in [7, 11) is 0. The van der Waals surface area contributed by atoms with Crippen LogP contribution >= 0.6 is 0 Å². The minimum absolute atomic E-state index is 0.00185. The van der Waals surface area contributed by atoms with Crippen LogP contribution in [0.1, 0.15) is 38.7 Å². The van der Waals surface area contributed by atoms with Crippen molar-refractivity contribution in [2.24, 2.45) is 5.92 Å². The fourth-order valence-corrected chi connectivity index (χ4v) is 2.80. The lowest BCUT2D eigenvalue weighted by Gasteiger charge is -2.39. The molecule has 100 valence electrons. The van der Waals surface area contributed by atoms with Crippen LogP contribution in [0.3, 0.4) is 0 Å². The average Bonchev–Trinajstić information content (AvgIpc) is 2.39. The van der Waals surface area contributed by atoms with E-state index in [4.69, 9.17) is 0 Å². The van der Waals surface area contributed by atoms with Gasteiger partial charge in [-0.05, 0) is 49.9 Å². The smallest absolute Gasteiger partial charge is 0.123 e. The molecule has 1 saturated heterocycles. The summed E-state index contributed by atoms with van der Waals surface area (Å²) in [5.74, 6) is 0.354. The molecular weight excluding hydrogens is 229 g/mol. The molecule has 0 amide bonds. The standard InChI is InChI=1S/C15H22FNO/c1-3-11-7-8-17-14(9-11)15(2,18)12-5-4-6-13(16)10-12/h4-6,10-11,14,17-18H,3,7-9H2,1-2H3. The summed E-state index contributed by atoms with van der Waals surface area (Å²) in [5.41, 5.74) is -0.368. The average molecular weight is 251 g/mol. The van der Waals surface area contributed by atoms with Crippen molar-refractivity contribution >= 4 is 0 Å². The Hall–Kier alpha value is -0.930. The first kappa shape index (κ1) is 13.5. The van der Waals surface area contributed by atoms with Gasteiger partial charge in [-0.15, -0.1) is 0 Å². The number of piperidine rings is 1. The Morgan fingerprint density at radius 1 is 1.50 bits per heavy atom. The number of nitrogens with one attached hydrogen (secondary N) is 1. The summed E-state index contributed by atoms with van der Waals surface area (Å²) in [6.45, 7) is 4.88.